The van der Waals surface area contributed by atoms with Crippen molar-refractivity contribution in [1.29, 1.82) is 0 Å². The van der Waals surface area contributed by atoms with Gasteiger partial charge >= 0.3 is 0 Å². The molecule has 4 N–H and O–H groups in total. The monoisotopic (exact) mass is 410 g/mol. The lowest BCUT2D eigenvalue weighted by molar-refractivity contribution is -0.123. The zero-order valence-corrected chi connectivity index (χ0v) is 17.1. The number of hydrogen-bond donors (Lipinski definition) is 4. The molecule has 8 nitrogen and oxygen atoms in total. The molecule has 2 aromatic carbocycles. The highest BCUT2D eigenvalue weighted by Gasteiger charge is 2.07. The molecule has 30 heavy (non-hydrogen) atoms. The number of hydrogen-bond acceptors (Lipinski definition) is 6. The fourth-order valence-electron chi connectivity index (χ4n) is 2.65. The van der Waals surface area contributed by atoms with Crippen molar-refractivity contribution < 1.29 is 19.8 Å². The molecule has 2 rings (SSSR count). The van der Waals surface area contributed by atoms with E-state index in [1.165, 1.54) is 0 Å². The molecule has 2 aromatic rings. The average molecular weight is 410 g/mol. The minimum atomic E-state index is -0.265. The Kier molecular flexibility index (Phi) is 8.56. The lowest BCUT2D eigenvalue weighted by atomic mass is 10.1. The van der Waals surface area contributed by atoms with Gasteiger partial charge in [-0.25, -0.2) is 10.9 Å². The van der Waals surface area contributed by atoms with E-state index in [-0.39, 0.29) is 36.2 Å². The van der Waals surface area contributed by atoms with Crippen molar-refractivity contribution >= 4 is 23.2 Å². The van der Waals surface area contributed by atoms with Gasteiger partial charge in [0.05, 0.1) is 11.4 Å². The zero-order chi connectivity index (χ0) is 21.9. The Balaban J connectivity index is 1.69. The Hall–Kier alpha value is -3.68. The summed E-state index contributed by atoms with van der Waals surface area (Å²) in [4.78, 5) is 23.8. The predicted molar refractivity (Wildman–Crippen MR) is 115 cm³/mol. The van der Waals surface area contributed by atoms with E-state index in [4.69, 9.17) is 0 Å². The molecular weight excluding hydrogens is 384 g/mol. The molecule has 0 heterocycles. The van der Waals surface area contributed by atoms with Gasteiger partial charge in [-0.15, -0.1) is 0 Å². The third-order valence-corrected chi connectivity index (χ3v) is 4.34. The normalized spacial score (nSPS) is 11.8. The summed E-state index contributed by atoms with van der Waals surface area (Å²) in [7, 11) is 0. The van der Waals surface area contributed by atoms with Crippen LogP contribution in [-0.4, -0.2) is 33.5 Å². The first-order chi connectivity index (χ1) is 14.4. The summed E-state index contributed by atoms with van der Waals surface area (Å²) in [6.07, 6.45) is 1.50. The minimum Gasteiger partial charge on any atom is -0.507 e. The fourth-order valence-corrected chi connectivity index (χ4v) is 2.65. The van der Waals surface area contributed by atoms with Gasteiger partial charge in [0.25, 0.3) is 0 Å². The molecular formula is C22H26N4O4. The standard InChI is InChI=1S/C22H26N4O4/c1-15(17-9-3-5-11-19(17)27)23-25-21(29)13-7-8-14-22(30)26-24-16(2)18-10-4-6-12-20(18)28/h3-6,9-12,27-28H,7-8,13-14H2,1-2H3,(H,25,29)(H,26,30)/b23-15+,24-16+. The van der Waals surface area contributed by atoms with Crippen LogP contribution in [0.2, 0.25) is 0 Å². The van der Waals surface area contributed by atoms with Gasteiger partial charge in [-0.2, -0.15) is 10.2 Å². The molecule has 0 bridgehead atoms. The summed E-state index contributed by atoms with van der Waals surface area (Å²) in [6.45, 7) is 3.38. The van der Waals surface area contributed by atoms with Crippen molar-refractivity contribution in [3.8, 4) is 11.5 Å². The van der Waals surface area contributed by atoms with E-state index < -0.39 is 0 Å². The van der Waals surface area contributed by atoms with E-state index >= 15 is 0 Å². The van der Waals surface area contributed by atoms with Crippen molar-refractivity contribution in [1.82, 2.24) is 10.9 Å². The Morgan fingerprint density at radius 2 is 1.10 bits per heavy atom. The summed E-state index contributed by atoms with van der Waals surface area (Å²) >= 11 is 0. The maximum Gasteiger partial charge on any atom is 0.240 e. The number of benzene rings is 2. The Morgan fingerprint density at radius 1 is 0.733 bits per heavy atom. The van der Waals surface area contributed by atoms with Crippen molar-refractivity contribution in [3.63, 3.8) is 0 Å². The summed E-state index contributed by atoms with van der Waals surface area (Å²) in [5.74, 6) is -0.337. The fraction of sp³-hybridized carbons (Fsp3) is 0.273. The van der Waals surface area contributed by atoms with Crippen molar-refractivity contribution in [2.24, 2.45) is 10.2 Å². The molecule has 158 valence electrons. The maximum atomic E-state index is 11.9. The zero-order valence-electron chi connectivity index (χ0n) is 17.1. The van der Waals surface area contributed by atoms with Crippen LogP contribution >= 0.6 is 0 Å². The third kappa shape index (κ3) is 7.05. The SMILES string of the molecule is C/C(=N\NC(=O)CCCCC(=O)N/N=C(\C)c1ccccc1O)c1ccccc1O. The predicted octanol–water partition coefficient (Wildman–Crippen LogP) is 3.04. The van der Waals surface area contributed by atoms with Crippen LogP contribution in [0.1, 0.15) is 50.7 Å². The Morgan fingerprint density at radius 3 is 1.47 bits per heavy atom. The van der Waals surface area contributed by atoms with Gasteiger partial charge in [0.2, 0.25) is 11.8 Å². The second-order valence-electron chi connectivity index (χ2n) is 6.71. The number of hydrazone groups is 2. The van der Waals surface area contributed by atoms with Crippen molar-refractivity contribution in [2.75, 3.05) is 0 Å². The number of nitrogens with zero attached hydrogens (tertiary/aromatic N) is 2. The van der Waals surface area contributed by atoms with Crippen LogP contribution in [0, 0.1) is 0 Å². The third-order valence-electron chi connectivity index (χ3n) is 4.34. The van der Waals surface area contributed by atoms with E-state index in [0.717, 1.165) is 0 Å². The molecule has 0 radical (unpaired) electrons. The Labute approximate surface area is 175 Å². The van der Waals surface area contributed by atoms with E-state index in [1.807, 2.05) is 0 Å². The van der Waals surface area contributed by atoms with Crippen LogP contribution in [0.5, 0.6) is 11.5 Å². The molecule has 0 saturated heterocycles. The number of carbonyl (C=O) groups excluding carboxylic acids is 2. The molecule has 0 spiro atoms. The van der Waals surface area contributed by atoms with Crippen molar-refractivity contribution in [2.45, 2.75) is 39.5 Å². The van der Waals surface area contributed by atoms with E-state index in [9.17, 15) is 19.8 Å². The first-order valence-electron chi connectivity index (χ1n) is 9.61. The minimum absolute atomic E-state index is 0.0967. The average Bonchev–Trinajstić information content (AvgIpc) is 2.74. The molecule has 0 unspecified atom stereocenters. The molecule has 0 aliphatic rings. The summed E-state index contributed by atoms with van der Waals surface area (Å²) in [5, 5.41) is 27.5. The van der Waals surface area contributed by atoms with Crippen LogP contribution in [0.15, 0.2) is 58.7 Å². The van der Waals surface area contributed by atoms with E-state index in [2.05, 4.69) is 21.1 Å². The molecule has 2 amide bonds. The van der Waals surface area contributed by atoms with Crippen molar-refractivity contribution in [3.05, 3.63) is 59.7 Å². The van der Waals surface area contributed by atoms with Crippen LogP contribution in [0.4, 0.5) is 0 Å². The molecule has 0 aromatic heterocycles. The first kappa shape index (κ1) is 22.6. The highest BCUT2D eigenvalue weighted by molar-refractivity contribution is 6.02. The Bertz CT molecular complexity index is 876. The van der Waals surface area contributed by atoms with Crippen LogP contribution < -0.4 is 10.9 Å². The van der Waals surface area contributed by atoms with Gasteiger partial charge in [-0.1, -0.05) is 24.3 Å². The summed E-state index contributed by atoms with van der Waals surface area (Å²) in [6, 6.07) is 13.5. The summed E-state index contributed by atoms with van der Waals surface area (Å²) < 4.78 is 0. The maximum absolute atomic E-state index is 11.9. The van der Waals surface area contributed by atoms with Gasteiger partial charge in [0, 0.05) is 24.0 Å². The number of para-hydroxylation sites is 2. The quantitative estimate of drug-likeness (QED) is 0.288. The number of phenols is 2. The molecule has 8 heteroatoms. The number of unbranched alkanes of at least 4 members (excludes halogenated alkanes) is 1. The molecule has 0 atom stereocenters. The van der Waals surface area contributed by atoms with Gasteiger partial charge in [-0.05, 0) is 51.0 Å². The number of phenolic OH excluding ortho intramolecular Hbond substituents is 2. The largest absolute Gasteiger partial charge is 0.507 e. The lowest BCUT2D eigenvalue weighted by Gasteiger charge is -2.05. The van der Waals surface area contributed by atoms with E-state index in [0.29, 0.717) is 35.4 Å². The van der Waals surface area contributed by atoms with Crippen LogP contribution in [0.25, 0.3) is 0 Å². The van der Waals surface area contributed by atoms with Crippen LogP contribution in [-0.2, 0) is 9.59 Å². The molecule has 0 saturated carbocycles. The first-order valence-corrected chi connectivity index (χ1v) is 9.61. The van der Waals surface area contributed by atoms with Gasteiger partial charge in [-0.3, -0.25) is 9.59 Å². The lowest BCUT2D eigenvalue weighted by Crippen LogP contribution is -2.20. The molecule has 0 aliphatic heterocycles. The molecule has 0 fully saturated rings. The number of nitrogens with one attached hydrogen (secondary N) is 2. The number of aromatic hydroxyl groups is 2. The smallest absolute Gasteiger partial charge is 0.240 e. The number of amides is 2. The summed E-state index contributed by atoms with van der Waals surface area (Å²) in [5.41, 5.74) is 7.00. The highest BCUT2D eigenvalue weighted by atomic mass is 16.3. The highest BCUT2D eigenvalue weighted by Crippen LogP contribution is 2.17. The van der Waals surface area contributed by atoms with E-state index in [1.54, 1.807) is 62.4 Å². The molecule has 0 aliphatic carbocycles. The second-order valence-corrected chi connectivity index (χ2v) is 6.71. The number of carbonyl (C=O) groups is 2. The number of rotatable bonds is 9. The van der Waals surface area contributed by atoms with Crippen LogP contribution in [0.3, 0.4) is 0 Å². The van der Waals surface area contributed by atoms with Gasteiger partial charge in [0.1, 0.15) is 11.5 Å². The second kappa shape index (κ2) is 11.4. The topological polar surface area (TPSA) is 123 Å². The van der Waals surface area contributed by atoms with Gasteiger partial charge < -0.3 is 10.2 Å². The van der Waals surface area contributed by atoms with Gasteiger partial charge in [0.15, 0.2) is 0 Å².